The van der Waals surface area contributed by atoms with Gasteiger partial charge in [-0.25, -0.2) is 0 Å². The van der Waals surface area contributed by atoms with Gasteiger partial charge in [0.05, 0.1) is 0 Å². The van der Waals surface area contributed by atoms with Crippen molar-refractivity contribution in [3.63, 3.8) is 0 Å². The predicted molar refractivity (Wildman–Crippen MR) is 60.2 cm³/mol. The molecule has 0 amide bonds. The molecule has 2 heteroatoms. The monoisotopic (exact) mass is 196 g/mol. The average Bonchev–Trinajstić information content (AvgIpc) is 2.84. The lowest BCUT2D eigenvalue weighted by Crippen LogP contribution is -2.56. The number of hydrogen-bond donors (Lipinski definition) is 1. The van der Waals surface area contributed by atoms with Gasteiger partial charge < -0.3 is 5.73 Å². The van der Waals surface area contributed by atoms with Crippen LogP contribution < -0.4 is 5.73 Å². The van der Waals surface area contributed by atoms with Gasteiger partial charge in [0.15, 0.2) is 0 Å². The lowest BCUT2D eigenvalue weighted by atomic mass is 9.77. The van der Waals surface area contributed by atoms with E-state index < -0.39 is 0 Å². The molecule has 14 heavy (non-hydrogen) atoms. The fraction of sp³-hybridized carbons (Fsp3) is 1.00. The van der Waals surface area contributed by atoms with E-state index in [1.54, 1.807) is 0 Å². The molecule has 2 fully saturated rings. The van der Waals surface area contributed by atoms with Crippen LogP contribution in [0.1, 0.15) is 46.0 Å². The van der Waals surface area contributed by atoms with Crippen molar-refractivity contribution < 1.29 is 0 Å². The molecule has 0 aromatic rings. The number of rotatable bonds is 5. The summed E-state index contributed by atoms with van der Waals surface area (Å²) in [5.74, 6) is 0.987. The summed E-state index contributed by atoms with van der Waals surface area (Å²) in [7, 11) is 0. The fourth-order valence-electron chi connectivity index (χ4n) is 2.28. The van der Waals surface area contributed by atoms with Gasteiger partial charge >= 0.3 is 0 Å². The lowest BCUT2D eigenvalue weighted by molar-refractivity contribution is 0.116. The highest BCUT2D eigenvalue weighted by Gasteiger charge is 2.36. The van der Waals surface area contributed by atoms with Crippen LogP contribution in [0, 0.1) is 5.92 Å². The van der Waals surface area contributed by atoms with Crippen molar-refractivity contribution in [1.82, 2.24) is 4.90 Å². The van der Waals surface area contributed by atoms with E-state index in [-0.39, 0.29) is 5.54 Å². The van der Waals surface area contributed by atoms with E-state index in [4.69, 9.17) is 5.73 Å². The van der Waals surface area contributed by atoms with Crippen molar-refractivity contribution in [3.05, 3.63) is 0 Å². The molecule has 2 N–H and O–H groups in total. The van der Waals surface area contributed by atoms with Crippen LogP contribution in [0.15, 0.2) is 0 Å². The molecule has 2 nitrogen and oxygen atoms in total. The summed E-state index contributed by atoms with van der Waals surface area (Å²) in [5.41, 5.74) is 6.46. The van der Waals surface area contributed by atoms with E-state index in [2.05, 4.69) is 18.7 Å². The Kier molecular flexibility index (Phi) is 2.85. The highest BCUT2D eigenvalue weighted by Crippen LogP contribution is 2.34. The second-order valence-corrected chi connectivity index (χ2v) is 5.68. The SMILES string of the molecule is CC(C)N(CC1CC1)CC1(N)CCC1. The van der Waals surface area contributed by atoms with Crippen molar-refractivity contribution >= 4 is 0 Å². The summed E-state index contributed by atoms with van der Waals surface area (Å²) < 4.78 is 0. The first-order chi connectivity index (χ1) is 6.59. The molecule has 0 aliphatic heterocycles. The quantitative estimate of drug-likeness (QED) is 0.728. The largest absolute Gasteiger partial charge is 0.324 e. The molecule has 0 unspecified atom stereocenters. The zero-order chi connectivity index (χ0) is 10.2. The van der Waals surface area contributed by atoms with Gasteiger partial charge in [0.1, 0.15) is 0 Å². The first-order valence-corrected chi connectivity index (χ1v) is 6.12. The van der Waals surface area contributed by atoms with Gasteiger partial charge in [-0.15, -0.1) is 0 Å². The Morgan fingerprint density at radius 2 is 2.00 bits per heavy atom. The maximum Gasteiger partial charge on any atom is 0.0283 e. The van der Waals surface area contributed by atoms with Crippen LogP contribution in [0.25, 0.3) is 0 Å². The Morgan fingerprint density at radius 1 is 1.36 bits per heavy atom. The van der Waals surface area contributed by atoms with E-state index in [1.807, 2.05) is 0 Å². The zero-order valence-electron chi connectivity index (χ0n) is 9.63. The van der Waals surface area contributed by atoms with Gasteiger partial charge in [0, 0.05) is 24.7 Å². The van der Waals surface area contributed by atoms with Crippen LogP contribution >= 0.6 is 0 Å². The standard InChI is InChI=1S/C12H24N2/c1-10(2)14(8-11-4-5-11)9-12(13)6-3-7-12/h10-11H,3-9,13H2,1-2H3. The van der Waals surface area contributed by atoms with Crippen LogP contribution in [0.2, 0.25) is 0 Å². The Labute approximate surface area is 87.8 Å². The van der Waals surface area contributed by atoms with Gasteiger partial charge in [-0.2, -0.15) is 0 Å². The minimum absolute atomic E-state index is 0.166. The van der Waals surface area contributed by atoms with Gasteiger partial charge in [0.25, 0.3) is 0 Å². The fourth-order valence-corrected chi connectivity index (χ4v) is 2.28. The van der Waals surface area contributed by atoms with Crippen molar-refractivity contribution in [2.45, 2.75) is 57.5 Å². The average molecular weight is 196 g/mol. The highest BCUT2D eigenvalue weighted by molar-refractivity contribution is 4.96. The molecule has 0 spiro atoms. The Hall–Kier alpha value is -0.0800. The van der Waals surface area contributed by atoms with Crippen LogP contribution in [0.4, 0.5) is 0 Å². The van der Waals surface area contributed by atoms with Crippen LogP contribution in [0.5, 0.6) is 0 Å². The summed E-state index contributed by atoms with van der Waals surface area (Å²) in [6.45, 7) is 7.01. The zero-order valence-corrected chi connectivity index (χ0v) is 9.63. The second kappa shape index (κ2) is 3.82. The normalized spacial score (nSPS) is 25.5. The topological polar surface area (TPSA) is 29.3 Å². The molecular formula is C12H24N2. The summed E-state index contributed by atoms with van der Waals surface area (Å²) in [5, 5.41) is 0. The maximum atomic E-state index is 6.30. The van der Waals surface area contributed by atoms with Crippen LogP contribution in [0.3, 0.4) is 0 Å². The molecule has 82 valence electrons. The highest BCUT2D eigenvalue weighted by atomic mass is 15.2. The van der Waals surface area contributed by atoms with Crippen LogP contribution in [-0.4, -0.2) is 29.6 Å². The first kappa shape index (κ1) is 10.4. The Bertz CT molecular complexity index is 192. The molecule has 0 aromatic heterocycles. The molecule has 0 bridgehead atoms. The Balaban J connectivity index is 1.82. The minimum Gasteiger partial charge on any atom is -0.324 e. The molecule has 0 saturated heterocycles. The summed E-state index contributed by atoms with van der Waals surface area (Å²) >= 11 is 0. The molecule has 2 aliphatic carbocycles. The van der Waals surface area contributed by atoms with E-state index in [0.717, 1.165) is 12.5 Å². The summed E-state index contributed by atoms with van der Waals surface area (Å²) in [6.07, 6.45) is 6.70. The van der Waals surface area contributed by atoms with Crippen LogP contribution in [-0.2, 0) is 0 Å². The van der Waals surface area contributed by atoms with E-state index in [9.17, 15) is 0 Å². The van der Waals surface area contributed by atoms with Crippen molar-refractivity contribution in [3.8, 4) is 0 Å². The van der Waals surface area contributed by atoms with Gasteiger partial charge in [-0.3, -0.25) is 4.90 Å². The van der Waals surface area contributed by atoms with Crippen molar-refractivity contribution in [2.24, 2.45) is 11.7 Å². The van der Waals surface area contributed by atoms with Crippen molar-refractivity contribution in [1.29, 1.82) is 0 Å². The van der Waals surface area contributed by atoms with Crippen molar-refractivity contribution in [2.75, 3.05) is 13.1 Å². The van der Waals surface area contributed by atoms with Gasteiger partial charge in [-0.1, -0.05) is 0 Å². The minimum atomic E-state index is 0.166. The molecule has 0 radical (unpaired) electrons. The number of hydrogen-bond acceptors (Lipinski definition) is 2. The maximum absolute atomic E-state index is 6.30. The molecular weight excluding hydrogens is 172 g/mol. The molecule has 2 aliphatic rings. The first-order valence-electron chi connectivity index (χ1n) is 6.12. The third-order valence-corrected chi connectivity index (χ3v) is 3.79. The van der Waals surface area contributed by atoms with E-state index in [1.165, 1.54) is 38.6 Å². The predicted octanol–water partition coefficient (Wildman–Crippen LogP) is 1.99. The lowest BCUT2D eigenvalue weighted by Gasteiger charge is -2.43. The third kappa shape index (κ3) is 2.48. The summed E-state index contributed by atoms with van der Waals surface area (Å²) in [6, 6.07) is 0.664. The third-order valence-electron chi connectivity index (χ3n) is 3.79. The second-order valence-electron chi connectivity index (χ2n) is 5.68. The smallest absolute Gasteiger partial charge is 0.0283 e. The molecule has 2 rings (SSSR count). The van der Waals surface area contributed by atoms with E-state index in [0.29, 0.717) is 6.04 Å². The summed E-state index contributed by atoms with van der Waals surface area (Å²) in [4.78, 5) is 2.59. The van der Waals surface area contributed by atoms with Gasteiger partial charge in [0.2, 0.25) is 0 Å². The molecule has 0 atom stereocenters. The molecule has 2 saturated carbocycles. The number of nitrogens with zero attached hydrogens (tertiary/aromatic N) is 1. The van der Waals surface area contributed by atoms with Gasteiger partial charge in [-0.05, 0) is 51.9 Å². The molecule has 0 aromatic carbocycles. The number of nitrogens with two attached hydrogens (primary N) is 1. The van der Waals surface area contributed by atoms with E-state index >= 15 is 0 Å². The Morgan fingerprint density at radius 3 is 2.36 bits per heavy atom. The molecule has 0 heterocycles.